The van der Waals surface area contributed by atoms with Gasteiger partial charge in [-0.2, -0.15) is 29.4 Å². The first-order chi connectivity index (χ1) is 8.91. The van der Waals surface area contributed by atoms with Gasteiger partial charge in [0.2, 0.25) is 0 Å². The molecule has 9 heteroatoms. The molecule has 19 heavy (non-hydrogen) atoms. The molecule has 0 spiro atoms. The monoisotopic (exact) mass is 291 g/mol. The lowest BCUT2D eigenvalue weighted by molar-refractivity contribution is -0.146. The van der Waals surface area contributed by atoms with E-state index in [4.69, 9.17) is 0 Å². The van der Waals surface area contributed by atoms with Crippen LogP contribution in [-0.4, -0.2) is 37.9 Å². The van der Waals surface area contributed by atoms with Crippen LogP contribution >= 0.6 is 11.8 Å². The van der Waals surface area contributed by atoms with Crippen LogP contribution in [0.2, 0.25) is 0 Å². The smallest absolute Gasteiger partial charge is 0.368 e. The van der Waals surface area contributed by atoms with Crippen molar-refractivity contribution in [1.82, 2.24) is 19.8 Å². The largest absolute Gasteiger partial charge is 0.453 e. The first-order valence-corrected chi connectivity index (χ1v) is 6.77. The molecule has 0 fully saturated rings. The highest BCUT2D eigenvalue weighted by molar-refractivity contribution is 7.99. The Labute approximate surface area is 111 Å². The van der Waals surface area contributed by atoms with Gasteiger partial charge in [-0.15, -0.1) is 15.3 Å². The number of halogens is 3. The highest BCUT2D eigenvalue weighted by Crippen LogP contribution is 2.27. The number of alkyl halides is 3. The molecule has 1 atom stereocenters. The van der Waals surface area contributed by atoms with Crippen molar-refractivity contribution in [1.29, 1.82) is 0 Å². The molecule has 0 amide bonds. The van der Waals surface area contributed by atoms with Gasteiger partial charge < -0.3 is 5.32 Å². The second-order valence-corrected chi connectivity index (χ2v) is 5.21. The number of nitrogens with one attached hydrogen (secondary N) is 1. The molecule has 0 bridgehead atoms. The van der Waals surface area contributed by atoms with E-state index >= 15 is 0 Å². The lowest BCUT2D eigenvalue weighted by Crippen LogP contribution is -2.16. The maximum Gasteiger partial charge on any atom is 0.453 e. The molecule has 1 unspecified atom stereocenters. The van der Waals surface area contributed by atoms with Crippen LogP contribution in [0, 0.1) is 0 Å². The van der Waals surface area contributed by atoms with Crippen LogP contribution in [0.5, 0.6) is 0 Å². The zero-order valence-electron chi connectivity index (χ0n) is 10.3. The Kier molecular flexibility index (Phi) is 3.83. The zero-order chi connectivity index (χ0) is 14.0. The summed E-state index contributed by atoms with van der Waals surface area (Å²) in [5.41, 5.74) is 0.0655. The van der Waals surface area contributed by atoms with Crippen molar-refractivity contribution in [2.45, 2.75) is 18.3 Å². The molecular formula is C10H12F3N5S. The van der Waals surface area contributed by atoms with Crippen LogP contribution in [0.25, 0.3) is 5.65 Å². The number of anilines is 1. The Morgan fingerprint density at radius 3 is 2.74 bits per heavy atom. The van der Waals surface area contributed by atoms with E-state index in [9.17, 15) is 13.2 Å². The normalized spacial score (nSPS) is 13.7. The molecule has 0 radical (unpaired) electrons. The highest BCUT2D eigenvalue weighted by atomic mass is 32.2. The third kappa shape index (κ3) is 3.09. The Morgan fingerprint density at radius 2 is 2.11 bits per heavy atom. The van der Waals surface area contributed by atoms with Gasteiger partial charge >= 0.3 is 6.18 Å². The van der Waals surface area contributed by atoms with Crippen LogP contribution in [0.1, 0.15) is 12.7 Å². The molecule has 2 rings (SSSR count). The van der Waals surface area contributed by atoms with Crippen molar-refractivity contribution in [3.05, 3.63) is 18.0 Å². The zero-order valence-corrected chi connectivity index (χ0v) is 11.1. The quantitative estimate of drug-likeness (QED) is 0.936. The van der Waals surface area contributed by atoms with Crippen LogP contribution in [-0.2, 0) is 6.18 Å². The Hall–Kier alpha value is -1.51. The van der Waals surface area contributed by atoms with Gasteiger partial charge in [0.15, 0.2) is 5.65 Å². The van der Waals surface area contributed by atoms with Crippen LogP contribution in [0.15, 0.2) is 12.1 Å². The Morgan fingerprint density at radius 1 is 1.37 bits per heavy atom. The summed E-state index contributed by atoms with van der Waals surface area (Å²) in [4.78, 5) is 0. The van der Waals surface area contributed by atoms with Crippen LogP contribution < -0.4 is 5.32 Å². The molecule has 0 aliphatic carbocycles. The molecule has 0 aliphatic heterocycles. The van der Waals surface area contributed by atoms with Gasteiger partial charge in [-0.1, -0.05) is 6.92 Å². The molecule has 2 aromatic heterocycles. The van der Waals surface area contributed by atoms with Gasteiger partial charge in [0, 0.05) is 11.8 Å². The Balaban J connectivity index is 2.28. The number of hydrogen-bond donors (Lipinski definition) is 1. The van der Waals surface area contributed by atoms with Gasteiger partial charge in [0.25, 0.3) is 5.82 Å². The SMILES string of the molecule is CSC(C)CNc1ccc2nnc(C(F)(F)F)n2n1. The maximum atomic E-state index is 12.7. The van der Waals surface area contributed by atoms with Crippen molar-refractivity contribution in [3.8, 4) is 0 Å². The van der Waals surface area contributed by atoms with Crippen molar-refractivity contribution >= 4 is 23.2 Å². The molecular weight excluding hydrogens is 279 g/mol. The average Bonchev–Trinajstić information content (AvgIpc) is 2.78. The van der Waals surface area contributed by atoms with Crippen molar-refractivity contribution < 1.29 is 13.2 Å². The van der Waals surface area contributed by atoms with E-state index in [0.29, 0.717) is 22.1 Å². The van der Waals surface area contributed by atoms with Crippen LogP contribution in [0.4, 0.5) is 19.0 Å². The molecule has 5 nitrogen and oxygen atoms in total. The topological polar surface area (TPSA) is 55.1 Å². The lowest BCUT2D eigenvalue weighted by atomic mass is 10.4. The van der Waals surface area contributed by atoms with Gasteiger partial charge in [-0.25, -0.2) is 0 Å². The Bertz CT molecular complexity index is 568. The first kappa shape index (κ1) is 13.9. The predicted molar refractivity (Wildman–Crippen MR) is 67.3 cm³/mol. The summed E-state index contributed by atoms with van der Waals surface area (Å²) in [6.45, 7) is 2.62. The van der Waals surface area contributed by atoms with E-state index in [1.807, 2.05) is 13.2 Å². The molecule has 2 heterocycles. The predicted octanol–water partition coefficient (Wildman–Crippen LogP) is 2.31. The second kappa shape index (κ2) is 5.24. The fraction of sp³-hybridized carbons (Fsp3) is 0.500. The molecule has 1 N–H and O–H groups in total. The minimum atomic E-state index is -4.57. The lowest BCUT2D eigenvalue weighted by Gasteiger charge is -2.10. The van der Waals surface area contributed by atoms with E-state index in [1.165, 1.54) is 6.07 Å². The summed E-state index contributed by atoms with van der Waals surface area (Å²) in [7, 11) is 0. The number of thioether (sulfide) groups is 1. The van der Waals surface area contributed by atoms with E-state index in [1.54, 1.807) is 17.8 Å². The molecule has 0 saturated carbocycles. The van der Waals surface area contributed by atoms with E-state index in [-0.39, 0.29) is 5.65 Å². The summed E-state index contributed by atoms with van der Waals surface area (Å²) < 4.78 is 38.7. The summed E-state index contributed by atoms with van der Waals surface area (Å²) >= 11 is 1.65. The highest BCUT2D eigenvalue weighted by Gasteiger charge is 2.37. The third-order valence-corrected chi connectivity index (χ3v) is 3.46. The second-order valence-electron chi connectivity index (χ2n) is 3.94. The molecule has 2 aromatic rings. The van der Waals surface area contributed by atoms with Crippen molar-refractivity contribution in [2.75, 3.05) is 18.1 Å². The molecule has 0 saturated heterocycles. The minimum Gasteiger partial charge on any atom is -0.368 e. The van der Waals surface area contributed by atoms with Crippen LogP contribution in [0.3, 0.4) is 0 Å². The number of nitrogens with zero attached hydrogens (tertiary/aromatic N) is 4. The van der Waals surface area contributed by atoms with E-state index in [0.717, 1.165) is 0 Å². The average molecular weight is 291 g/mol. The molecule has 0 aliphatic rings. The van der Waals surface area contributed by atoms with Gasteiger partial charge in [-0.05, 0) is 18.4 Å². The molecule has 0 aromatic carbocycles. The summed E-state index contributed by atoms with van der Waals surface area (Å²) in [5.74, 6) is -0.761. The van der Waals surface area contributed by atoms with Crippen molar-refractivity contribution in [2.24, 2.45) is 0 Å². The minimum absolute atomic E-state index is 0.0655. The maximum absolute atomic E-state index is 12.7. The fourth-order valence-electron chi connectivity index (χ4n) is 1.39. The molecule has 104 valence electrons. The number of aromatic nitrogens is 4. The first-order valence-electron chi connectivity index (χ1n) is 5.48. The summed E-state index contributed by atoms with van der Waals surface area (Å²) in [6, 6.07) is 3.03. The van der Waals surface area contributed by atoms with E-state index < -0.39 is 12.0 Å². The van der Waals surface area contributed by atoms with Crippen molar-refractivity contribution in [3.63, 3.8) is 0 Å². The standard InChI is InChI=1S/C10H12F3N5S/c1-6(19-2)5-14-7-3-4-8-15-16-9(10(11,12)13)18(8)17-7/h3-4,6H,5H2,1-2H3,(H,14,17). The number of rotatable bonds is 4. The summed E-state index contributed by atoms with van der Waals surface area (Å²) in [6.07, 6.45) is -2.61. The summed E-state index contributed by atoms with van der Waals surface area (Å²) in [5, 5.41) is 13.7. The van der Waals surface area contributed by atoms with Gasteiger partial charge in [0.1, 0.15) is 5.82 Å². The number of hydrogen-bond acceptors (Lipinski definition) is 5. The van der Waals surface area contributed by atoms with Gasteiger partial charge in [0.05, 0.1) is 0 Å². The third-order valence-electron chi connectivity index (χ3n) is 2.49. The number of fused-ring (bicyclic) bond motifs is 1. The van der Waals surface area contributed by atoms with Gasteiger partial charge in [-0.3, -0.25) is 0 Å². The van der Waals surface area contributed by atoms with E-state index in [2.05, 4.69) is 20.6 Å². The fourth-order valence-corrected chi connectivity index (χ4v) is 1.64.